The van der Waals surface area contributed by atoms with Crippen LogP contribution in [-0.2, 0) is 12.8 Å². The third-order valence-electron chi connectivity index (χ3n) is 3.13. The van der Waals surface area contributed by atoms with Gasteiger partial charge >= 0.3 is 0 Å². The Labute approximate surface area is 114 Å². The third-order valence-corrected chi connectivity index (χ3v) is 3.13. The second-order valence-corrected chi connectivity index (χ2v) is 4.64. The first-order valence-electron chi connectivity index (χ1n) is 6.85. The molecule has 0 saturated heterocycles. The van der Waals surface area contributed by atoms with Gasteiger partial charge in [-0.05, 0) is 12.8 Å². The van der Waals surface area contributed by atoms with E-state index < -0.39 is 0 Å². The summed E-state index contributed by atoms with van der Waals surface area (Å²) in [4.78, 5) is 8.05. The summed E-state index contributed by atoms with van der Waals surface area (Å²) >= 11 is 0. The number of aromatic nitrogens is 2. The van der Waals surface area contributed by atoms with E-state index in [4.69, 9.17) is 5.26 Å². The minimum absolute atomic E-state index is 0.509. The zero-order valence-electron chi connectivity index (χ0n) is 11.3. The van der Waals surface area contributed by atoms with Crippen LogP contribution in [0.25, 0.3) is 11.3 Å². The van der Waals surface area contributed by atoms with E-state index in [0.29, 0.717) is 12.8 Å². The van der Waals surface area contributed by atoms with Gasteiger partial charge in [0.15, 0.2) is 0 Å². The number of nitrogens with zero attached hydrogens (tertiary/aromatic N) is 2. The lowest BCUT2D eigenvalue weighted by atomic mass is 10.1. The van der Waals surface area contributed by atoms with E-state index in [1.165, 1.54) is 12.1 Å². The van der Waals surface area contributed by atoms with Crippen LogP contribution in [0.2, 0.25) is 0 Å². The Hall–Kier alpha value is -2.08. The molecule has 1 aromatic heterocycles. The van der Waals surface area contributed by atoms with Gasteiger partial charge in [0.1, 0.15) is 5.82 Å². The molecule has 3 heteroatoms. The van der Waals surface area contributed by atoms with Crippen molar-refractivity contribution in [1.29, 1.82) is 5.26 Å². The number of nitrogens with one attached hydrogen (secondary N) is 1. The van der Waals surface area contributed by atoms with Crippen LogP contribution < -0.4 is 0 Å². The molecule has 3 nitrogen and oxygen atoms in total. The van der Waals surface area contributed by atoms with Crippen molar-refractivity contribution < 1.29 is 0 Å². The Balaban J connectivity index is 2.29. The fraction of sp³-hybridized carbons (Fsp3) is 0.375. The van der Waals surface area contributed by atoms with E-state index in [-0.39, 0.29) is 0 Å². The minimum atomic E-state index is 0.509. The van der Waals surface area contributed by atoms with Crippen molar-refractivity contribution in [3.63, 3.8) is 0 Å². The summed E-state index contributed by atoms with van der Waals surface area (Å²) in [5, 5.41) is 8.67. The molecule has 1 aromatic carbocycles. The predicted octanol–water partition coefficient (Wildman–Crippen LogP) is 3.88. The van der Waals surface area contributed by atoms with Crippen LogP contribution in [0.5, 0.6) is 0 Å². The molecule has 0 bridgehead atoms. The number of hydrogen-bond acceptors (Lipinski definition) is 2. The molecular formula is C16H19N3. The molecule has 2 aromatic rings. The monoisotopic (exact) mass is 253 g/mol. The number of aryl methyl sites for hydroxylation is 2. The zero-order chi connectivity index (χ0) is 13.5. The van der Waals surface area contributed by atoms with Gasteiger partial charge in [-0.15, -0.1) is 0 Å². The fourth-order valence-electron chi connectivity index (χ4n) is 2.13. The average molecular weight is 253 g/mol. The summed E-state index contributed by atoms with van der Waals surface area (Å²) in [5.41, 5.74) is 3.39. The molecule has 0 amide bonds. The molecule has 19 heavy (non-hydrogen) atoms. The number of aromatic amines is 1. The molecule has 0 aliphatic carbocycles. The van der Waals surface area contributed by atoms with Crippen molar-refractivity contribution in [2.75, 3.05) is 0 Å². The second-order valence-electron chi connectivity index (χ2n) is 4.64. The van der Waals surface area contributed by atoms with Crippen LogP contribution in [0.1, 0.15) is 37.7 Å². The Kier molecular flexibility index (Phi) is 4.74. The van der Waals surface area contributed by atoms with Gasteiger partial charge in [0.2, 0.25) is 0 Å². The van der Waals surface area contributed by atoms with Crippen LogP contribution in [0, 0.1) is 11.3 Å². The molecule has 98 valence electrons. The van der Waals surface area contributed by atoms with Crippen LogP contribution in [0.3, 0.4) is 0 Å². The lowest BCUT2D eigenvalue weighted by Crippen LogP contribution is -1.89. The van der Waals surface area contributed by atoms with Crippen molar-refractivity contribution >= 4 is 0 Å². The average Bonchev–Trinajstić information content (AvgIpc) is 2.87. The van der Waals surface area contributed by atoms with Gasteiger partial charge in [0.05, 0.1) is 11.8 Å². The maximum absolute atomic E-state index is 8.67. The first-order chi connectivity index (χ1) is 9.35. The highest BCUT2D eigenvalue weighted by Crippen LogP contribution is 2.23. The van der Waals surface area contributed by atoms with Gasteiger partial charge in [0.25, 0.3) is 0 Å². The predicted molar refractivity (Wildman–Crippen MR) is 76.6 cm³/mol. The Morgan fingerprint density at radius 2 is 2.00 bits per heavy atom. The third kappa shape index (κ3) is 3.45. The first kappa shape index (κ1) is 13.4. The van der Waals surface area contributed by atoms with Gasteiger partial charge in [-0.3, -0.25) is 0 Å². The topological polar surface area (TPSA) is 52.5 Å². The maximum atomic E-state index is 8.67. The molecule has 0 unspecified atom stereocenters. The number of imidazole rings is 1. The van der Waals surface area contributed by atoms with Crippen molar-refractivity contribution in [2.45, 2.75) is 39.0 Å². The van der Waals surface area contributed by atoms with E-state index in [0.717, 1.165) is 29.9 Å². The first-order valence-corrected chi connectivity index (χ1v) is 6.85. The van der Waals surface area contributed by atoms with Gasteiger partial charge in [-0.2, -0.15) is 5.26 Å². The molecule has 0 fully saturated rings. The molecule has 1 N–H and O–H groups in total. The summed E-state index contributed by atoms with van der Waals surface area (Å²) in [6.45, 7) is 2.19. The number of unbranched alkanes of at least 4 members (excludes halogenated alkanes) is 1. The van der Waals surface area contributed by atoms with E-state index in [9.17, 15) is 0 Å². The van der Waals surface area contributed by atoms with E-state index in [2.05, 4.69) is 35.1 Å². The van der Waals surface area contributed by atoms with Crippen LogP contribution in [-0.4, -0.2) is 9.97 Å². The summed E-state index contributed by atoms with van der Waals surface area (Å²) in [6.07, 6.45) is 4.54. The number of H-pyrrole nitrogens is 1. The van der Waals surface area contributed by atoms with Crippen molar-refractivity contribution in [2.24, 2.45) is 0 Å². The highest BCUT2D eigenvalue weighted by Gasteiger charge is 2.11. The molecular weight excluding hydrogens is 234 g/mol. The molecule has 0 atom stereocenters. The van der Waals surface area contributed by atoms with Gasteiger partial charge in [0, 0.05) is 24.1 Å². The molecule has 0 spiro atoms. The quantitative estimate of drug-likeness (QED) is 0.849. The van der Waals surface area contributed by atoms with E-state index in [1.807, 2.05) is 18.2 Å². The summed E-state index contributed by atoms with van der Waals surface area (Å²) in [7, 11) is 0. The number of rotatable bonds is 6. The van der Waals surface area contributed by atoms with Crippen LogP contribution in [0.4, 0.5) is 0 Å². The molecule has 0 saturated carbocycles. The fourth-order valence-corrected chi connectivity index (χ4v) is 2.13. The smallest absolute Gasteiger partial charge is 0.108 e. The summed E-state index contributed by atoms with van der Waals surface area (Å²) < 4.78 is 0. The van der Waals surface area contributed by atoms with E-state index >= 15 is 0 Å². The van der Waals surface area contributed by atoms with Crippen LogP contribution in [0.15, 0.2) is 30.3 Å². The number of hydrogen-bond donors (Lipinski definition) is 1. The zero-order valence-corrected chi connectivity index (χ0v) is 11.3. The number of nitriles is 1. The Bertz CT molecular complexity index is 549. The summed E-state index contributed by atoms with van der Waals surface area (Å²) in [5.74, 6) is 0.923. The maximum Gasteiger partial charge on any atom is 0.108 e. The van der Waals surface area contributed by atoms with Crippen molar-refractivity contribution in [3.05, 3.63) is 41.9 Å². The van der Waals surface area contributed by atoms with Gasteiger partial charge in [-0.1, -0.05) is 43.7 Å². The Morgan fingerprint density at radius 3 is 2.68 bits per heavy atom. The van der Waals surface area contributed by atoms with Crippen LogP contribution >= 0.6 is 0 Å². The molecule has 1 heterocycles. The highest BCUT2D eigenvalue weighted by atomic mass is 14.9. The summed E-state index contributed by atoms with van der Waals surface area (Å²) in [6, 6.07) is 12.4. The lowest BCUT2D eigenvalue weighted by Gasteiger charge is -2.01. The van der Waals surface area contributed by atoms with Crippen molar-refractivity contribution in [3.8, 4) is 17.3 Å². The largest absolute Gasteiger partial charge is 0.345 e. The normalized spacial score (nSPS) is 10.3. The van der Waals surface area contributed by atoms with Gasteiger partial charge < -0.3 is 4.98 Å². The van der Waals surface area contributed by atoms with E-state index in [1.54, 1.807) is 0 Å². The SMILES string of the molecule is CCCCc1[nH]c(CCC#N)nc1-c1ccccc1. The highest BCUT2D eigenvalue weighted by molar-refractivity contribution is 5.62. The van der Waals surface area contributed by atoms with Crippen molar-refractivity contribution in [1.82, 2.24) is 9.97 Å². The second kappa shape index (κ2) is 6.75. The molecule has 0 aliphatic heterocycles. The minimum Gasteiger partial charge on any atom is -0.345 e. The molecule has 0 radical (unpaired) electrons. The molecule has 2 rings (SSSR count). The molecule has 0 aliphatic rings. The standard InChI is InChI=1S/C16H19N3/c1-2-3-10-14-16(13-8-5-4-6-9-13)19-15(18-14)11-7-12-17/h4-6,8-9H,2-3,7,10-11H2,1H3,(H,18,19). The number of benzene rings is 1. The Morgan fingerprint density at radius 1 is 1.21 bits per heavy atom. The lowest BCUT2D eigenvalue weighted by molar-refractivity contribution is 0.777. The van der Waals surface area contributed by atoms with Gasteiger partial charge in [-0.25, -0.2) is 4.98 Å².